The highest BCUT2D eigenvalue weighted by atomic mass is 16.6. The van der Waals surface area contributed by atoms with Crippen LogP contribution in [0.2, 0.25) is 0 Å². The first-order valence-corrected chi connectivity index (χ1v) is 9.11. The Balaban J connectivity index is 2.88. The van der Waals surface area contributed by atoms with Crippen molar-refractivity contribution in [2.24, 2.45) is 17.8 Å². The van der Waals surface area contributed by atoms with Gasteiger partial charge in [-0.15, -0.1) is 0 Å². The summed E-state index contributed by atoms with van der Waals surface area (Å²) in [4.78, 5) is 24.2. The van der Waals surface area contributed by atoms with Crippen molar-refractivity contribution in [1.29, 1.82) is 0 Å². The molecule has 4 N–H and O–H groups in total. The van der Waals surface area contributed by atoms with E-state index in [1.54, 1.807) is 13.8 Å². The lowest BCUT2D eigenvalue weighted by atomic mass is 9.79. The van der Waals surface area contributed by atoms with Crippen LogP contribution in [0.5, 0.6) is 0 Å². The topological polar surface area (TPSA) is 128 Å². The molecule has 1 fully saturated rings. The molecule has 0 amide bonds. The van der Waals surface area contributed by atoms with E-state index < -0.39 is 48.6 Å². The van der Waals surface area contributed by atoms with Gasteiger partial charge in [-0.2, -0.15) is 0 Å². The van der Waals surface area contributed by atoms with Crippen LogP contribution < -0.4 is 0 Å². The Morgan fingerprint density at radius 2 is 1.77 bits per heavy atom. The fourth-order valence-electron chi connectivity index (χ4n) is 3.45. The molecule has 7 nitrogen and oxygen atoms in total. The van der Waals surface area contributed by atoms with Crippen molar-refractivity contribution in [3.63, 3.8) is 0 Å². The van der Waals surface area contributed by atoms with Crippen molar-refractivity contribution in [2.75, 3.05) is 13.2 Å². The van der Waals surface area contributed by atoms with Gasteiger partial charge in [0.15, 0.2) is 0 Å². The summed E-state index contributed by atoms with van der Waals surface area (Å²) in [6.45, 7) is 5.79. The Labute approximate surface area is 154 Å². The van der Waals surface area contributed by atoms with Crippen LogP contribution in [-0.2, 0) is 14.3 Å². The van der Waals surface area contributed by atoms with Crippen molar-refractivity contribution >= 4 is 11.6 Å². The Morgan fingerprint density at radius 1 is 1.19 bits per heavy atom. The van der Waals surface area contributed by atoms with Crippen LogP contribution in [0.15, 0.2) is 12.2 Å². The summed E-state index contributed by atoms with van der Waals surface area (Å²) in [7, 11) is 0. The summed E-state index contributed by atoms with van der Waals surface area (Å²) in [6, 6.07) is 0. The molecule has 0 radical (unpaired) electrons. The lowest BCUT2D eigenvalue weighted by Gasteiger charge is -2.28. The smallest absolute Gasteiger partial charge is 0.148 e. The van der Waals surface area contributed by atoms with Gasteiger partial charge in [-0.25, -0.2) is 0 Å². The molecule has 1 aliphatic rings. The quantitative estimate of drug-likeness (QED) is 0.285. The van der Waals surface area contributed by atoms with Gasteiger partial charge in [0.25, 0.3) is 0 Å². The van der Waals surface area contributed by atoms with Gasteiger partial charge in [-0.1, -0.05) is 26.0 Å². The highest BCUT2D eigenvalue weighted by Gasteiger charge is 2.61. The minimum absolute atomic E-state index is 0.0236. The number of rotatable bonds is 12. The molecular formula is C19H32O7. The number of hydrogen-bond acceptors (Lipinski definition) is 7. The lowest BCUT2D eigenvalue weighted by Crippen LogP contribution is -2.47. The molecule has 7 atom stereocenters. The molecule has 0 aromatic carbocycles. The summed E-state index contributed by atoms with van der Waals surface area (Å²) >= 11 is 0. The van der Waals surface area contributed by atoms with Crippen molar-refractivity contribution in [1.82, 2.24) is 0 Å². The first-order valence-electron chi connectivity index (χ1n) is 9.11. The normalized spacial score (nSPS) is 28.4. The monoisotopic (exact) mass is 372 g/mol. The second-order valence-corrected chi connectivity index (χ2v) is 7.20. The van der Waals surface area contributed by atoms with Gasteiger partial charge in [-0.05, 0) is 13.8 Å². The molecule has 0 spiro atoms. The van der Waals surface area contributed by atoms with E-state index in [0.717, 1.165) is 0 Å². The molecule has 0 aromatic rings. The maximum Gasteiger partial charge on any atom is 0.148 e. The van der Waals surface area contributed by atoms with E-state index >= 15 is 0 Å². The first kappa shape index (κ1) is 22.9. The van der Waals surface area contributed by atoms with Gasteiger partial charge in [-0.3, -0.25) is 9.59 Å². The fraction of sp³-hybridized carbons (Fsp3) is 0.789. The Kier molecular flexibility index (Phi) is 8.56. The molecule has 1 aliphatic heterocycles. The average Bonchev–Trinajstić information content (AvgIpc) is 3.29. The van der Waals surface area contributed by atoms with Crippen LogP contribution in [0.3, 0.4) is 0 Å². The van der Waals surface area contributed by atoms with Gasteiger partial charge < -0.3 is 25.2 Å². The van der Waals surface area contributed by atoms with Crippen molar-refractivity contribution < 1.29 is 34.8 Å². The maximum absolute atomic E-state index is 12.7. The van der Waals surface area contributed by atoms with E-state index in [-0.39, 0.29) is 30.6 Å². The summed E-state index contributed by atoms with van der Waals surface area (Å²) in [5.74, 6) is -3.34. The molecular weight excluding hydrogens is 340 g/mol. The summed E-state index contributed by atoms with van der Waals surface area (Å²) in [5.41, 5.74) is -0.994. The van der Waals surface area contributed by atoms with E-state index in [4.69, 9.17) is 4.74 Å². The number of aliphatic hydroxyl groups is 4. The van der Waals surface area contributed by atoms with Crippen LogP contribution in [0.1, 0.15) is 40.5 Å². The fourth-order valence-corrected chi connectivity index (χ4v) is 3.45. The Morgan fingerprint density at radius 3 is 2.23 bits per heavy atom. The number of ketones is 2. The molecule has 1 heterocycles. The SMILES string of the molecule is CC=C[C@H](C)[C@H]1OC1(C)[C@@H](O)[C@@H](CO)C(=O)[C@@H](CO)[C@H](O)CC(=O)CC. The zero-order valence-electron chi connectivity index (χ0n) is 16.0. The molecule has 1 saturated heterocycles. The van der Waals surface area contributed by atoms with E-state index in [2.05, 4.69) is 0 Å². The zero-order chi connectivity index (χ0) is 20.1. The zero-order valence-corrected chi connectivity index (χ0v) is 16.0. The third kappa shape index (κ3) is 4.98. The third-order valence-corrected chi connectivity index (χ3v) is 5.25. The first-order chi connectivity index (χ1) is 12.2. The molecule has 7 heteroatoms. The van der Waals surface area contributed by atoms with E-state index in [9.17, 15) is 30.0 Å². The molecule has 0 aliphatic carbocycles. The minimum atomic E-state index is -1.35. The van der Waals surface area contributed by atoms with Crippen molar-refractivity contribution in [2.45, 2.75) is 64.4 Å². The summed E-state index contributed by atoms with van der Waals surface area (Å²) in [5, 5.41) is 40.0. The van der Waals surface area contributed by atoms with Crippen LogP contribution in [0.4, 0.5) is 0 Å². The molecule has 1 rings (SSSR count). The maximum atomic E-state index is 12.7. The molecule has 1 unspecified atom stereocenters. The van der Waals surface area contributed by atoms with Crippen LogP contribution >= 0.6 is 0 Å². The predicted molar refractivity (Wildman–Crippen MR) is 95.3 cm³/mol. The number of hydrogen-bond donors (Lipinski definition) is 4. The van der Waals surface area contributed by atoms with Gasteiger partial charge in [0.1, 0.15) is 17.2 Å². The Hall–Kier alpha value is -1.12. The largest absolute Gasteiger partial charge is 0.396 e. The van der Waals surface area contributed by atoms with Crippen LogP contribution in [0.25, 0.3) is 0 Å². The number of allylic oxidation sites excluding steroid dienone is 1. The van der Waals surface area contributed by atoms with Gasteiger partial charge >= 0.3 is 0 Å². The molecule has 0 saturated carbocycles. The van der Waals surface area contributed by atoms with Crippen molar-refractivity contribution in [3.8, 4) is 0 Å². The number of carbonyl (C=O) groups excluding carboxylic acids is 2. The number of Topliss-reactive ketones (excluding diaryl/α,β-unsaturated/α-hetero) is 2. The molecule has 0 aromatic heterocycles. The minimum Gasteiger partial charge on any atom is -0.396 e. The highest BCUT2D eigenvalue weighted by molar-refractivity contribution is 5.86. The molecule has 0 bridgehead atoms. The van der Waals surface area contributed by atoms with E-state index in [1.165, 1.54) is 0 Å². The highest BCUT2D eigenvalue weighted by Crippen LogP contribution is 2.46. The van der Waals surface area contributed by atoms with Gasteiger partial charge in [0.2, 0.25) is 0 Å². The van der Waals surface area contributed by atoms with Gasteiger partial charge in [0.05, 0.1) is 43.4 Å². The second kappa shape index (κ2) is 9.71. The number of carbonyl (C=O) groups is 2. The van der Waals surface area contributed by atoms with E-state index in [1.807, 2.05) is 26.0 Å². The molecule has 26 heavy (non-hydrogen) atoms. The standard InChI is InChI=1S/C19H32O7/c1-5-7-11(3)18-19(4,26-18)17(25)14(10-21)16(24)13(9-20)15(23)8-12(22)6-2/h5,7,11,13-15,17-18,20-21,23,25H,6,8-10H2,1-4H3/t11-,13-,14-,15+,17-,18+,19?/m0/s1. The number of ether oxygens (including phenoxy) is 1. The predicted octanol–water partition coefficient (Wildman–Crippen LogP) is 0.233. The Bertz CT molecular complexity index is 518. The van der Waals surface area contributed by atoms with Gasteiger partial charge in [0, 0.05) is 18.8 Å². The molecule has 150 valence electrons. The summed E-state index contributed by atoms with van der Waals surface area (Å²) in [6.07, 6.45) is 0.816. The lowest BCUT2D eigenvalue weighted by molar-refractivity contribution is -0.140. The van der Waals surface area contributed by atoms with Crippen LogP contribution in [0, 0.1) is 17.8 Å². The average molecular weight is 372 g/mol. The number of aliphatic hydroxyl groups excluding tert-OH is 4. The van der Waals surface area contributed by atoms with Crippen LogP contribution in [-0.4, -0.2) is 69.1 Å². The van der Waals surface area contributed by atoms with E-state index in [0.29, 0.717) is 0 Å². The summed E-state index contributed by atoms with van der Waals surface area (Å²) < 4.78 is 5.63. The second-order valence-electron chi connectivity index (χ2n) is 7.20. The third-order valence-electron chi connectivity index (χ3n) is 5.25. The van der Waals surface area contributed by atoms with Crippen molar-refractivity contribution in [3.05, 3.63) is 12.2 Å². The number of epoxide rings is 1.